The van der Waals surface area contributed by atoms with E-state index in [0.29, 0.717) is 5.88 Å². The van der Waals surface area contributed by atoms with E-state index < -0.39 is 0 Å². The third-order valence-corrected chi connectivity index (χ3v) is 1.17. The van der Waals surface area contributed by atoms with Crippen molar-refractivity contribution in [2.24, 2.45) is 0 Å². The lowest BCUT2D eigenvalue weighted by molar-refractivity contribution is 0.982. The second-order valence-electron chi connectivity index (χ2n) is 2.12. The summed E-state index contributed by atoms with van der Waals surface area (Å²) in [5, 5.41) is 0. The Morgan fingerprint density at radius 1 is 1.56 bits per heavy atom. The molecule has 0 atom stereocenters. The maximum Gasteiger partial charge on any atom is 0.0404 e. The number of allylic oxidation sites excluding steroid dienone is 3. The smallest absolute Gasteiger partial charge is 0.0404 e. The average Bonchev–Trinajstić information content (AvgIpc) is 1.80. The van der Waals surface area contributed by atoms with E-state index in [1.807, 2.05) is 13.0 Å². The van der Waals surface area contributed by atoms with Crippen molar-refractivity contribution in [1.29, 1.82) is 0 Å². The van der Waals surface area contributed by atoms with Gasteiger partial charge in [-0.1, -0.05) is 17.7 Å². The Morgan fingerprint density at radius 2 is 2.22 bits per heavy atom. The molecule has 0 aromatic rings. The molecule has 0 saturated heterocycles. The van der Waals surface area contributed by atoms with Crippen LogP contribution in [0.3, 0.4) is 0 Å². The lowest BCUT2D eigenvalue weighted by Gasteiger charge is -1.90. The Morgan fingerprint density at radius 3 is 2.67 bits per heavy atom. The van der Waals surface area contributed by atoms with Crippen molar-refractivity contribution >= 4 is 11.6 Å². The van der Waals surface area contributed by atoms with Gasteiger partial charge in [-0.3, -0.25) is 0 Å². The number of alkyl halides is 1. The molecule has 0 aromatic heterocycles. The van der Waals surface area contributed by atoms with Gasteiger partial charge in [-0.05, 0) is 19.8 Å². The summed E-state index contributed by atoms with van der Waals surface area (Å²) in [6, 6.07) is 0. The maximum absolute atomic E-state index is 5.41. The van der Waals surface area contributed by atoms with Crippen molar-refractivity contribution in [1.82, 2.24) is 0 Å². The summed E-state index contributed by atoms with van der Waals surface area (Å²) in [6.07, 6.45) is 6.20. The number of halogens is 1. The summed E-state index contributed by atoms with van der Waals surface area (Å²) >= 11 is 5.41. The number of hydrogen-bond acceptors (Lipinski definition) is 0. The van der Waals surface area contributed by atoms with Gasteiger partial charge in [0.2, 0.25) is 0 Å². The molecule has 0 aliphatic carbocycles. The van der Waals surface area contributed by atoms with Gasteiger partial charge >= 0.3 is 0 Å². The normalized spacial score (nSPS) is 10.4. The van der Waals surface area contributed by atoms with Crippen LogP contribution in [0.25, 0.3) is 0 Å². The highest BCUT2D eigenvalue weighted by Gasteiger charge is 1.80. The molecule has 0 fully saturated rings. The van der Waals surface area contributed by atoms with E-state index >= 15 is 0 Å². The molecular formula is C8H13Cl. The minimum absolute atomic E-state index is 0.621. The molecule has 0 saturated carbocycles. The van der Waals surface area contributed by atoms with Gasteiger partial charge < -0.3 is 0 Å². The van der Waals surface area contributed by atoms with E-state index in [-0.39, 0.29) is 0 Å². The van der Waals surface area contributed by atoms with Crippen LogP contribution in [0.4, 0.5) is 0 Å². The summed E-state index contributed by atoms with van der Waals surface area (Å²) in [6.45, 7) is 5.82. The van der Waals surface area contributed by atoms with Gasteiger partial charge in [-0.25, -0.2) is 0 Å². The first kappa shape index (κ1) is 8.77. The van der Waals surface area contributed by atoms with Gasteiger partial charge in [0.05, 0.1) is 0 Å². The standard InChI is InChI=1S/C8H13Cl/c1-8(2)6-4-3-5-7-9/h3,5H,1,4,6-7H2,2H3/b5-3+. The summed E-state index contributed by atoms with van der Waals surface area (Å²) < 4.78 is 0. The largest absolute Gasteiger partial charge is 0.122 e. The van der Waals surface area contributed by atoms with Gasteiger partial charge in [0.1, 0.15) is 0 Å². The van der Waals surface area contributed by atoms with Crippen molar-refractivity contribution < 1.29 is 0 Å². The molecule has 0 rings (SSSR count). The highest BCUT2D eigenvalue weighted by molar-refractivity contribution is 6.18. The van der Waals surface area contributed by atoms with E-state index in [4.69, 9.17) is 11.6 Å². The zero-order valence-electron chi connectivity index (χ0n) is 5.86. The molecular weight excluding hydrogens is 132 g/mol. The molecule has 0 amide bonds. The summed E-state index contributed by atoms with van der Waals surface area (Å²) in [7, 11) is 0. The lowest BCUT2D eigenvalue weighted by Crippen LogP contribution is -1.71. The highest BCUT2D eigenvalue weighted by Crippen LogP contribution is 2.00. The fourth-order valence-electron chi connectivity index (χ4n) is 0.511. The quantitative estimate of drug-likeness (QED) is 0.420. The monoisotopic (exact) mass is 144 g/mol. The molecule has 0 N–H and O–H groups in total. The minimum Gasteiger partial charge on any atom is -0.122 e. The predicted molar refractivity (Wildman–Crippen MR) is 43.9 cm³/mol. The molecule has 0 heterocycles. The maximum atomic E-state index is 5.41. The van der Waals surface area contributed by atoms with Crippen LogP contribution in [0.5, 0.6) is 0 Å². The SMILES string of the molecule is C=C(C)CC/C=C/CCl. The van der Waals surface area contributed by atoms with Gasteiger partial charge in [0.25, 0.3) is 0 Å². The summed E-state index contributed by atoms with van der Waals surface area (Å²) in [4.78, 5) is 0. The molecule has 0 aliphatic heterocycles. The third kappa shape index (κ3) is 7.77. The van der Waals surface area contributed by atoms with Crippen molar-refractivity contribution in [2.75, 3.05) is 5.88 Å². The molecule has 0 unspecified atom stereocenters. The predicted octanol–water partition coefficient (Wildman–Crippen LogP) is 3.14. The van der Waals surface area contributed by atoms with Gasteiger partial charge in [-0.15, -0.1) is 18.2 Å². The Hall–Kier alpha value is -0.230. The summed E-state index contributed by atoms with van der Waals surface area (Å²) in [5.74, 6) is 0.621. The average molecular weight is 145 g/mol. The number of hydrogen-bond donors (Lipinski definition) is 0. The van der Waals surface area contributed by atoms with E-state index in [2.05, 4.69) is 12.7 Å². The molecule has 0 bridgehead atoms. The second kappa shape index (κ2) is 5.90. The first-order valence-corrected chi connectivity index (χ1v) is 3.66. The molecule has 1 heteroatoms. The van der Waals surface area contributed by atoms with E-state index in [9.17, 15) is 0 Å². The zero-order valence-corrected chi connectivity index (χ0v) is 6.62. The highest BCUT2D eigenvalue weighted by atomic mass is 35.5. The molecule has 0 aliphatic rings. The van der Waals surface area contributed by atoms with Crippen LogP contribution < -0.4 is 0 Å². The lowest BCUT2D eigenvalue weighted by atomic mass is 10.2. The molecule has 0 nitrogen and oxygen atoms in total. The Kier molecular flexibility index (Phi) is 5.75. The van der Waals surface area contributed by atoms with E-state index in [0.717, 1.165) is 12.8 Å². The van der Waals surface area contributed by atoms with E-state index in [1.165, 1.54) is 5.57 Å². The van der Waals surface area contributed by atoms with Gasteiger partial charge in [0, 0.05) is 5.88 Å². The third-order valence-electron chi connectivity index (χ3n) is 0.994. The molecule has 0 aromatic carbocycles. The molecule has 0 radical (unpaired) electrons. The van der Waals surface area contributed by atoms with Gasteiger partial charge in [-0.2, -0.15) is 0 Å². The van der Waals surface area contributed by atoms with Crippen LogP contribution in [-0.2, 0) is 0 Å². The first-order valence-electron chi connectivity index (χ1n) is 3.12. The van der Waals surface area contributed by atoms with Crippen molar-refractivity contribution in [2.45, 2.75) is 19.8 Å². The molecule has 0 spiro atoms. The fraction of sp³-hybridized carbons (Fsp3) is 0.500. The van der Waals surface area contributed by atoms with E-state index in [1.54, 1.807) is 0 Å². The topological polar surface area (TPSA) is 0 Å². The molecule has 9 heavy (non-hydrogen) atoms. The number of rotatable bonds is 4. The Bertz CT molecular complexity index is 103. The van der Waals surface area contributed by atoms with Crippen molar-refractivity contribution in [3.8, 4) is 0 Å². The van der Waals surface area contributed by atoms with Crippen LogP contribution in [-0.4, -0.2) is 5.88 Å². The zero-order chi connectivity index (χ0) is 7.11. The Labute approximate surface area is 62.2 Å². The summed E-state index contributed by atoms with van der Waals surface area (Å²) in [5.41, 5.74) is 1.23. The van der Waals surface area contributed by atoms with Gasteiger partial charge in [0.15, 0.2) is 0 Å². The van der Waals surface area contributed by atoms with Crippen LogP contribution in [0.1, 0.15) is 19.8 Å². The Balaban J connectivity index is 3.09. The molecule has 52 valence electrons. The van der Waals surface area contributed by atoms with Crippen molar-refractivity contribution in [3.05, 3.63) is 24.3 Å². The van der Waals surface area contributed by atoms with Crippen LogP contribution in [0, 0.1) is 0 Å². The first-order chi connectivity index (χ1) is 4.27. The van der Waals surface area contributed by atoms with Crippen LogP contribution in [0.15, 0.2) is 24.3 Å². The van der Waals surface area contributed by atoms with Crippen LogP contribution in [0.2, 0.25) is 0 Å². The minimum atomic E-state index is 0.621. The second-order valence-corrected chi connectivity index (χ2v) is 2.43. The fourth-order valence-corrected chi connectivity index (χ4v) is 0.637. The van der Waals surface area contributed by atoms with Crippen LogP contribution >= 0.6 is 11.6 Å². The van der Waals surface area contributed by atoms with Crippen molar-refractivity contribution in [3.63, 3.8) is 0 Å².